The molecular weight excluding hydrogens is 400 g/mol. The fourth-order valence-electron chi connectivity index (χ4n) is 4.33. The molecule has 32 heavy (non-hydrogen) atoms. The van der Waals surface area contributed by atoms with Gasteiger partial charge in [0.05, 0.1) is 11.7 Å². The van der Waals surface area contributed by atoms with Crippen molar-refractivity contribution in [2.75, 3.05) is 0 Å². The van der Waals surface area contributed by atoms with Gasteiger partial charge < -0.3 is 14.6 Å². The summed E-state index contributed by atoms with van der Waals surface area (Å²) < 4.78 is 5.79. The Kier molecular flexibility index (Phi) is 6.99. The summed E-state index contributed by atoms with van der Waals surface area (Å²) in [5, 5.41) is 12.4. The Balaban J connectivity index is 1.57. The molecule has 0 amide bonds. The van der Waals surface area contributed by atoms with Gasteiger partial charge in [-0.25, -0.2) is 4.79 Å². The quantitative estimate of drug-likeness (QED) is 0.356. The van der Waals surface area contributed by atoms with Crippen molar-refractivity contribution < 1.29 is 19.4 Å². The summed E-state index contributed by atoms with van der Waals surface area (Å²) in [6, 6.07) is 23.2. The van der Waals surface area contributed by atoms with Gasteiger partial charge in [-0.15, -0.1) is 0 Å². The predicted molar refractivity (Wildman–Crippen MR) is 124 cm³/mol. The molecule has 0 aliphatic heterocycles. The van der Waals surface area contributed by atoms with Crippen molar-refractivity contribution in [2.24, 2.45) is 11.8 Å². The number of hydrogen-bond donors (Lipinski definition) is 1. The maximum atomic E-state index is 12.7. The topological polar surface area (TPSA) is 63.6 Å². The number of fused-ring (bicyclic) bond motifs is 1. The van der Waals surface area contributed by atoms with Gasteiger partial charge in [-0.05, 0) is 41.3 Å². The molecule has 0 aromatic heterocycles. The molecular formula is C28H26O4. The average Bonchev–Trinajstić information content (AvgIpc) is 3.17. The average molecular weight is 427 g/mol. The number of ether oxygens (including phenoxy) is 1. The molecule has 4 atom stereocenters. The van der Waals surface area contributed by atoms with Crippen LogP contribution in [0.25, 0.3) is 10.8 Å². The summed E-state index contributed by atoms with van der Waals surface area (Å²) in [7, 11) is 0. The first-order valence-corrected chi connectivity index (χ1v) is 11.0. The van der Waals surface area contributed by atoms with Crippen LogP contribution < -0.4 is 0 Å². The van der Waals surface area contributed by atoms with E-state index < -0.39 is 18.2 Å². The summed E-state index contributed by atoms with van der Waals surface area (Å²) in [5.74, 6) is 5.71. The van der Waals surface area contributed by atoms with E-state index in [2.05, 4.69) is 36.1 Å². The Bertz CT molecular complexity index is 1140. The third kappa shape index (κ3) is 5.25. The fourth-order valence-corrected chi connectivity index (χ4v) is 4.33. The standard InChI is InChI=1S/C28H26O4/c29-17-16-26-22(13-15-27(26)30)12-14-25(32-28(31)23-7-2-1-3-8-23)19-20-10-11-21-6-4-5-9-24(21)18-20/h1-11,17-18,22,25-27,30H,13,15-16,19H2/t22-,25?,26+,27-/m0/s1. The van der Waals surface area contributed by atoms with Crippen LogP contribution >= 0.6 is 0 Å². The van der Waals surface area contributed by atoms with Crippen molar-refractivity contribution in [1.29, 1.82) is 0 Å². The first-order valence-electron chi connectivity index (χ1n) is 11.0. The minimum absolute atomic E-state index is 0.0790. The lowest BCUT2D eigenvalue weighted by molar-refractivity contribution is -0.109. The second-order valence-electron chi connectivity index (χ2n) is 8.25. The van der Waals surface area contributed by atoms with Crippen molar-refractivity contribution in [3.8, 4) is 11.8 Å². The molecule has 1 N–H and O–H groups in total. The van der Waals surface area contributed by atoms with Crippen molar-refractivity contribution in [1.82, 2.24) is 0 Å². The summed E-state index contributed by atoms with van der Waals surface area (Å²) in [4.78, 5) is 23.7. The van der Waals surface area contributed by atoms with Crippen LogP contribution in [0.15, 0.2) is 72.8 Å². The second kappa shape index (κ2) is 10.3. The van der Waals surface area contributed by atoms with Crippen molar-refractivity contribution in [2.45, 2.75) is 37.9 Å². The second-order valence-corrected chi connectivity index (χ2v) is 8.25. The summed E-state index contributed by atoms with van der Waals surface area (Å²) in [6.07, 6.45) is 1.84. The van der Waals surface area contributed by atoms with Crippen molar-refractivity contribution in [3.05, 3.63) is 83.9 Å². The Labute approximate surface area is 188 Å². The molecule has 4 rings (SSSR count). The van der Waals surface area contributed by atoms with Crippen LogP contribution in [-0.4, -0.2) is 29.6 Å². The van der Waals surface area contributed by atoms with E-state index in [4.69, 9.17) is 4.74 Å². The number of aliphatic hydroxyl groups excluding tert-OH is 1. The van der Waals surface area contributed by atoms with E-state index in [1.54, 1.807) is 24.3 Å². The van der Waals surface area contributed by atoms with Gasteiger partial charge in [0, 0.05) is 24.7 Å². The highest BCUT2D eigenvalue weighted by Gasteiger charge is 2.33. The van der Waals surface area contributed by atoms with Gasteiger partial charge in [-0.3, -0.25) is 0 Å². The maximum absolute atomic E-state index is 12.7. The number of carbonyl (C=O) groups is 2. The first kappa shape index (κ1) is 21.8. The Morgan fingerprint density at radius 3 is 2.56 bits per heavy atom. The van der Waals surface area contributed by atoms with Crippen molar-refractivity contribution >= 4 is 23.0 Å². The lowest BCUT2D eigenvalue weighted by Crippen LogP contribution is -2.21. The van der Waals surface area contributed by atoms with E-state index in [0.29, 0.717) is 24.8 Å². The molecule has 1 fully saturated rings. The third-order valence-electron chi connectivity index (χ3n) is 6.08. The van der Waals surface area contributed by atoms with E-state index in [1.807, 2.05) is 24.3 Å². The molecule has 0 heterocycles. The first-order chi connectivity index (χ1) is 15.6. The molecule has 1 aliphatic carbocycles. The molecule has 3 aromatic rings. The molecule has 1 saturated carbocycles. The smallest absolute Gasteiger partial charge is 0.339 e. The zero-order valence-electron chi connectivity index (χ0n) is 17.8. The zero-order valence-corrected chi connectivity index (χ0v) is 17.8. The van der Waals surface area contributed by atoms with Gasteiger partial charge in [0.1, 0.15) is 6.29 Å². The lowest BCUT2D eigenvalue weighted by Gasteiger charge is -2.16. The van der Waals surface area contributed by atoms with Gasteiger partial charge in [0.15, 0.2) is 6.10 Å². The number of carbonyl (C=O) groups excluding carboxylic acids is 2. The lowest BCUT2D eigenvalue weighted by atomic mass is 9.92. The van der Waals surface area contributed by atoms with Crippen molar-refractivity contribution in [3.63, 3.8) is 0 Å². The van der Waals surface area contributed by atoms with Crippen LogP contribution in [0.3, 0.4) is 0 Å². The van der Waals surface area contributed by atoms with Crippen LogP contribution in [0.5, 0.6) is 0 Å². The highest BCUT2D eigenvalue weighted by Crippen LogP contribution is 2.33. The van der Waals surface area contributed by atoms with Gasteiger partial charge >= 0.3 is 5.97 Å². The van der Waals surface area contributed by atoms with E-state index in [1.165, 1.54) is 0 Å². The molecule has 4 heteroatoms. The van der Waals surface area contributed by atoms with E-state index in [9.17, 15) is 14.7 Å². The largest absolute Gasteiger partial charge is 0.445 e. The van der Waals surface area contributed by atoms with Crippen LogP contribution in [0.2, 0.25) is 0 Å². The van der Waals surface area contributed by atoms with E-state index >= 15 is 0 Å². The van der Waals surface area contributed by atoms with Gasteiger partial charge in [-0.1, -0.05) is 72.5 Å². The van der Waals surface area contributed by atoms with Crippen LogP contribution in [0.4, 0.5) is 0 Å². The molecule has 3 aromatic carbocycles. The number of esters is 1. The van der Waals surface area contributed by atoms with Gasteiger partial charge in [-0.2, -0.15) is 0 Å². The monoisotopic (exact) mass is 426 g/mol. The summed E-state index contributed by atoms with van der Waals surface area (Å²) in [5.41, 5.74) is 1.51. The molecule has 0 bridgehead atoms. The zero-order chi connectivity index (χ0) is 22.3. The number of rotatable bonds is 6. The SMILES string of the molecule is O=CC[C@H]1[C@@H](O)CC[C@@H]1C#CC(Cc1ccc2ccccc2c1)OC(=O)c1ccccc1. The molecule has 1 unspecified atom stereocenters. The van der Waals surface area contributed by atoms with Gasteiger partial charge in [0.2, 0.25) is 0 Å². The fraction of sp³-hybridized carbons (Fsp3) is 0.286. The highest BCUT2D eigenvalue weighted by atomic mass is 16.5. The molecule has 0 spiro atoms. The number of aldehydes is 1. The van der Waals surface area contributed by atoms with E-state index in [0.717, 1.165) is 29.0 Å². The van der Waals surface area contributed by atoms with E-state index in [-0.39, 0.29) is 11.8 Å². The molecule has 1 aliphatic rings. The Hall–Kier alpha value is -3.42. The Morgan fingerprint density at radius 1 is 1.03 bits per heavy atom. The van der Waals surface area contributed by atoms with Crippen LogP contribution in [-0.2, 0) is 16.0 Å². The maximum Gasteiger partial charge on any atom is 0.339 e. The number of hydrogen-bond acceptors (Lipinski definition) is 4. The molecule has 0 radical (unpaired) electrons. The minimum atomic E-state index is -0.626. The summed E-state index contributed by atoms with van der Waals surface area (Å²) in [6.45, 7) is 0. The predicted octanol–water partition coefficient (Wildman–Crippen LogP) is 4.59. The number of aliphatic hydroxyl groups is 1. The van der Waals surface area contributed by atoms with Crippen LogP contribution in [0.1, 0.15) is 35.2 Å². The minimum Gasteiger partial charge on any atom is -0.445 e. The van der Waals surface area contributed by atoms with Crippen LogP contribution in [0, 0.1) is 23.7 Å². The summed E-state index contributed by atoms with van der Waals surface area (Å²) >= 11 is 0. The molecule has 4 nitrogen and oxygen atoms in total. The molecule has 0 saturated heterocycles. The van der Waals surface area contributed by atoms with Gasteiger partial charge in [0.25, 0.3) is 0 Å². The normalized spacial score (nSPS) is 20.8. The third-order valence-corrected chi connectivity index (χ3v) is 6.08. The highest BCUT2D eigenvalue weighted by molar-refractivity contribution is 5.89. The number of benzene rings is 3. The Morgan fingerprint density at radius 2 is 1.78 bits per heavy atom. The molecule has 162 valence electrons.